The molecule has 0 spiro atoms. The molecule has 0 aliphatic heterocycles. The fraction of sp³-hybridized carbons (Fsp3) is 0.667. The van der Waals surface area contributed by atoms with Crippen LogP contribution in [0.25, 0.3) is 0 Å². The summed E-state index contributed by atoms with van der Waals surface area (Å²) >= 11 is 1.95. The maximum atomic E-state index is 2.26. The van der Waals surface area contributed by atoms with Crippen LogP contribution in [-0.2, 0) is 6.42 Å². The molecule has 0 aromatic carbocycles. The number of thiophene rings is 1. The lowest BCUT2D eigenvalue weighted by Gasteiger charge is -2.01. The molecule has 13 heavy (non-hydrogen) atoms. The zero-order valence-corrected chi connectivity index (χ0v) is 10.1. The highest BCUT2D eigenvalue weighted by molar-refractivity contribution is 7.12. The van der Waals surface area contributed by atoms with Gasteiger partial charge in [0.15, 0.2) is 0 Å². The van der Waals surface area contributed by atoms with Crippen LogP contribution >= 0.6 is 11.3 Å². The number of rotatable bonds is 4. The average molecular weight is 196 g/mol. The summed E-state index contributed by atoms with van der Waals surface area (Å²) in [5.41, 5.74) is 3.16. The third-order valence-electron chi connectivity index (χ3n) is 2.74. The average Bonchev–Trinajstić information content (AvgIpc) is 2.32. The Morgan fingerprint density at radius 1 is 1.00 bits per heavy atom. The Balaban J connectivity index is 2.64. The van der Waals surface area contributed by atoms with Gasteiger partial charge in [-0.2, -0.15) is 0 Å². The van der Waals surface area contributed by atoms with Gasteiger partial charge in [0.05, 0.1) is 0 Å². The first-order chi connectivity index (χ1) is 6.16. The molecule has 0 aliphatic carbocycles. The van der Waals surface area contributed by atoms with E-state index in [9.17, 15) is 0 Å². The second-order valence-corrected chi connectivity index (χ2v) is 5.20. The predicted molar refractivity (Wildman–Crippen MR) is 61.8 cm³/mol. The van der Waals surface area contributed by atoms with E-state index in [1.807, 2.05) is 11.3 Å². The lowest BCUT2D eigenvalue weighted by atomic mass is 10.0. The van der Waals surface area contributed by atoms with Crippen molar-refractivity contribution in [3.05, 3.63) is 20.9 Å². The van der Waals surface area contributed by atoms with Crippen molar-refractivity contribution in [2.24, 2.45) is 0 Å². The highest BCUT2D eigenvalue weighted by Crippen LogP contribution is 2.27. The SMILES string of the molecule is CCCCCc1c(C)sc(C)c1C. The fourth-order valence-corrected chi connectivity index (χ4v) is 2.87. The molecule has 1 heterocycles. The van der Waals surface area contributed by atoms with E-state index in [1.54, 1.807) is 11.1 Å². The van der Waals surface area contributed by atoms with E-state index in [-0.39, 0.29) is 0 Å². The van der Waals surface area contributed by atoms with Crippen LogP contribution in [-0.4, -0.2) is 0 Å². The summed E-state index contributed by atoms with van der Waals surface area (Å²) < 4.78 is 0. The molecular weight excluding hydrogens is 176 g/mol. The summed E-state index contributed by atoms with van der Waals surface area (Å²) in [5.74, 6) is 0. The van der Waals surface area contributed by atoms with Crippen LogP contribution in [0.3, 0.4) is 0 Å². The number of hydrogen-bond acceptors (Lipinski definition) is 1. The largest absolute Gasteiger partial charge is 0.145 e. The standard InChI is InChI=1S/C12H20S/c1-5-6-7-8-12-9(2)10(3)13-11(12)4/h5-8H2,1-4H3. The first kappa shape index (κ1) is 10.8. The van der Waals surface area contributed by atoms with Crippen LogP contribution in [0, 0.1) is 20.8 Å². The van der Waals surface area contributed by atoms with E-state index >= 15 is 0 Å². The maximum Gasteiger partial charge on any atom is 0.00517 e. The van der Waals surface area contributed by atoms with Crippen molar-refractivity contribution in [1.82, 2.24) is 0 Å². The van der Waals surface area contributed by atoms with Crippen molar-refractivity contribution in [3.63, 3.8) is 0 Å². The zero-order valence-electron chi connectivity index (χ0n) is 9.24. The van der Waals surface area contributed by atoms with Crippen LogP contribution in [0.5, 0.6) is 0 Å². The lowest BCUT2D eigenvalue weighted by Crippen LogP contribution is -1.88. The van der Waals surface area contributed by atoms with E-state index in [0.29, 0.717) is 0 Å². The molecular formula is C12H20S. The molecule has 0 saturated heterocycles. The van der Waals surface area contributed by atoms with Gasteiger partial charge in [-0.25, -0.2) is 0 Å². The van der Waals surface area contributed by atoms with Gasteiger partial charge < -0.3 is 0 Å². The van der Waals surface area contributed by atoms with Crippen molar-refractivity contribution in [1.29, 1.82) is 0 Å². The van der Waals surface area contributed by atoms with Crippen molar-refractivity contribution in [3.8, 4) is 0 Å². The van der Waals surface area contributed by atoms with Gasteiger partial charge in [-0.05, 0) is 44.7 Å². The highest BCUT2D eigenvalue weighted by Gasteiger charge is 2.07. The van der Waals surface area contributed by atoms with Gasteiger partial charge in [-0.15, -0.1) is 11.3 Å². The molecule has 1 rings (SSSR count). The maximum absolute atomic E-state index is 2.26. The Morgan fingerprint density at radius 2 is 1.69 bits per heavy atom. The molecule has 0 saturated carbocycles. The minimum Gasteiger partial charge on any atom is -0.145 e. The molecule has 0 bridgehead atoms. The first-order valence-electron chi connectivity index (χ1n) is 5.22. The highest BCUT2D eigenvalue weighted by atomic mass is 32.1. The minimum absolute atomic E-state index is 1.29. The van der Waals surface area contributed by atoms with E-state index in [2.05, 4.69) is 27.7 Å². The summed E-state index contributed by atoms with van der Waals surface area (Å²) in [6.07, 6.45) is 5.33. The molecule has 0 unspecified atom stereocenters. The van der Waals surface area contributed by atoms with Gasteiger partial charge in [0.2, 0.25) is 0 Å². The second-order valence-electron chi connectivity index (χ2n) is 3.78. The first-order valence-corrected chi connectivity index (χ1v) is 6.04. The molecule has 0 amide bonds. The zero-order chi connectivity index (χ0) is 9.84. The van der Waals surface area contributed by atoms with Crippen molar-refractivity contribution in [2.75, 3.05) is 0 Å². The number of unbranched alkanes of at least 4 members (excludes halogenated alkanes) is 2. The lowest BCUT2D eigenvalue weighted by molar-refractivity contribution is 0.715. The smallest absolute Gasteiger partial charge is 0.00517 e. The van der Waals surface area contributed by atoms with E-state index in [4.69, 9.17) is 0 Å². The molecule has 74 valence electrons. The molecule has 0 nitrogen and oxygen atoms in total. The molecule has 0 atom stereocenters. The minimum atomic E-state index is 1.29. The Labute approximate surface area is 86.0 Å². The predicted octanol–water partition coefficient (Wildman–Crippen LogP) is 4.41. The van der Waals surface area contributed by atoms with Crippen LogP contribution in [0.1, 0.15) is 47.1 Å². The van der Waals surface area contributed by atoms with Gasteiger partial charge in [-0.3, -0.25) is 0 Å². The molecule has 1 aromatic rings. The molecule has 0 aliphatic rings. The number of hydrogen-bond donors (Lipinski definition) is 0. The van der Waals surface area contributed by atoms with Gasteiger partial charge >= 0.3 is 0 Å². The third kappa shape index (κ3) is 2.57. The summed E-state index contributed by atoms with van der Waals surface area (Å²) in [7, 11) is 0. The molecule has 0 N–H and O–H groups in total. The Morgan fingerprint density at radius 3 is 2.15 bits per heavy atom. The van der Waals surface area contributed by atoms with Gasteiger partial charge in [0.1, 0.15) is 0 Å². The van der Waals surface area contributed by atoms with Crippen LogP contribution in [0.15, 0.2) is 0 Å². The molecule has 0 fully saturated rings. The van der Waals surface area contributed by atoms with E-state index in [0.717, 1.165) is 0 Å². The molecule has 0 radical (unpaired) electrons. The van der Waals surface area contributed by atoms with E-state index in [1.165, 1.54) is 35.4 Å². The molecule has 1 aromatic heterocycles. The van der Waals surface area contributed by atoms with Gasteiger partial charge in [-0.1, -0.05) is 19.8 Å². The summed E-state index contributed by atoms with van der Waals surface area (Å²) in [6, 6.07) is 0. The fourth-order valence-electron chi connectivity index (χ4n) is 1.76. The Bertz CT molecular complexity index is 271. The Hall–Kier alpha value is -0.300. The summed E-state index contributed by atoms with van der Waals surface area (Å²) in [4.78, 5) is 3.04. The quantitative estimate of drug-likeness (QED) is 0.626. The van der Waals surface area contributed by atoms with Gasteiger partial charge in [0.25, 0.3) is 0 Å². The third-order valence-corrected chi connectivity index (χ3v) is 3.91. The van der Waals surface area contributed by atoms with Crippen molar-refractivity contribution >= 4 is 11.3 Å². The van der Waals surface area contributed by atoms with Crippen LogP contribution < -0.4 is 0 Å². The monoisotopic (exact) mass is 196 g/mol. The van der Waals surface area contributed by atoms with Crippen LogP contribution in [0.4, 0.5) is 0 Å². The topological polar surface area (TPSA) is 0 Å². The number of aryl methyl sites for hydroxylation is 2. The normalized spacial score (nSPS) is 10.8. The Kier molecular flexibility index (Phi) is 3.98. The summed E-state index contributed by atoms with van der Waals surface area (Å²) in [6.45, 7) is 9.01. The van der Waals surface area contributed by atoms with E-state index < -0.39 is 0 Å². The van der Waals surface area contributed by atoms with Crippen LogP contribution in [0.2, 0.25) is 0 Å². The van der Waals surface area contributed by atoms with Crippen molar-refractivity contribution in [2.45, 2.75) is 53.4 Å². The second kappa shape index (κ2) is 4.80. The molecule has 1 heteroatoms. The van der Waals surface area contributed by atoms with Gasteiger partial charge in [0, 0.05) is 9.75 Å². The summed E-state index contributed by atoms with van der Waals surface area (Å²) in [5, 5.41) is 0. The van der Waals surface area contributed by atoms with Crippen molar-refractivity contribution < 1.29 is 0 Å².